The third-order valence-electron chi connectivity index (χ3n) is 5.02. The van der Waals surface area contributed by atoms with Crippen LogP contribution in [0.4, 0.5) is 11.4 Å². The first kappa shape index (κ1) is 15.0. The van der Waals surface area contributed by atoms with Gasteiger partial charge in [-0.15, -0.1) is 0 Å². The van der Waals surface area contributed by atoms with Crippen LogP contribution >= 0.6 is 22.6 Å². The molecule has 0 aromatic heterocycles. The quantitative estimate of drug-likeness (QED) is 0.522. The van der Waals surface area contributed by atoms with E-state index in [-0.39, 0.29) is 5.41 Å². The molecular weight excluding hydrogens is 393 g/mol. The van der Waals surface area contributed by atoms with Gasteiger partial charge >= 0.3 is 0 Å². The summed E-state index contributed by atoms with van der Waals surface area (Å²) in [6.07, 6.45) is 9.95. The highest BCUT2D eigenvalue weighted by atomic mass is 127. The average Bonchev–Trinajstić information content (AvgIpc) is 2.56. The average molecular weight is 413 g/mol. The summed E-state index contributed by atoms with van der Waals surface area (Å²) in [5, 5.41) is 0. The van der Waals surface area contributed by atoms with Crippen LogP contribution in [0.5, 0.6) is 0 Å². The maximum absolute atomic E-state index is 2.53. The molecule has 2 heteroatoms. The van der Waals surface area contributed by atoms with Crippen molar-refractivity contribution in [3.63, 3.8) is 0 Å². The van der Waals surface area contributed by atoms with Crippen molar-refractivity contribution in [2.45, 2.75) is 31.7 Å². The number of anilines is 2. The lowest BCUT2D eigenvalue weighted by atomic mass is 9.73. The van der Waals surface area contributed by atoms with E-state index in [1.807, 2.05) is 0 Å². The Morgan fingerprint density at radius 3 is 2.57 bits per heavy atom. The lowest BCUT2D eigenvalue weighted by Crippen LogP contribution is -2.38. The molecule has 2 aromatic rings. The van der Waals surface area contributed by atoms with Crippen molar-refractivity contribution < 1.29 is 0 Å². The molecule has 1 unspecified atom stereocenters. The molecule has 1 aliphatic carbocycles. The lowest BCUT2D eigenvalue weighted by Gasteiger charge is -2.45. The molecule has 1 heterocycles. The summed E-state index contributed by atoms with van der Waals surface area (Å²) < 4.78 is 1.29. The zero-order chi connectivity index (χ0) is 16.0. The molecule has 2 aromatic carbocycles. The summed E-state index contributed by atoms with van der Waals surface area (Å²) in [6, 6.07) is 16.1. The predicted molar refractivity (Wildman–Crippen MR) is 107 cm³/mol. The second-order valence-corrected chi connectivity index (χ2v) is 8.04. The molecule has 1 aliphatic heterocycles. The van der Waals surface area contributed by atoms with Crippen molar-refractivity contribution >= 4 is 34.0 Å². The van der Waals surface area contributed by atoms with Crippen molar-refractivity contribution in [2.75, 3.05) is 4.90 Å². The highest BCUT2D eigenvalue weighted by molar-refractivity contribution is 14.1. The highest BCUT2D eigenvalue weighted by Crippen LogP contribution is 2.50. The van der Waals surface area contributed by atoms with Crippen LogP contribution in [-0.2, 0) is 5.41 Å². The number of fused-ring (bicyclic) bond motifs is 2. The third-order valence-corrected chi connectivity index (χ3v) is 5.69. The predicted octanol–water partition coefficient (Wildman–Crippen LogP) is 5.95. The zero-order valence-electron chi connectivity index (χ0n) is 13.5. The van der Waals surface area contributed by atoms with Gasteiger partial charge in [0.25, 0.3) is 0 Å². The van der Waals surface area contributed by atoms with Crippen LogP contribution in [0.25, 0.3) is 0 Å². The zero-order valence-corrected chi connectivity index (χ0v) is 15.6. The van der Waals surface area contributed by atoms with Crippen molar-refractivity contribution in [3.05, 3.63) is 81.5 Å². The fraction of sp³-hybridized carbons (Fsp3) is 0.238. The van der Waals surface area contributed by atoms with Gasteiger partial charge in [0.1, 0.15) is 0 Å². The number of hydrogen-bond donors (Lipinski definition) is 0. The van der Waals surface area contributed by atoms with Crippen molar-refractivity contribution in [3.8, 4) is 0 Å². The Labute approximate surface area is 151 Å². The van der Waals surface area contributed by atoms with Crippen LogP contribution in [0, 0.1) is 3.57 Å². The Hall–Kier alpha value is -1.55. The van der Waals surface area contributed by atoms with E-state index in [0.29, 0.717) is 6.04 Å². The van der Waals surface area contributed by atoms with Gasteiger partial charge in [0.2, 0.25) is 0 Å². The van der Waals surface area contributed by atoms with Gasteiger partial charge < -0.3 is 4.90 Å². The summed E-state index contributed by atoms with van der Waals surface area (Å²) >= 11 is 2.42. The molecule has 4 rings (SSSR count). The second kappa shape index (κ2) is 5.52. The van der Waals surface area contributed by atoms with E-state index in [2.05, 4.69) is 108 Å². The van der Waals surface area contributed by atoms with E-state index in [4.69, 9.17) is 0 Å². The Morgan fingerprint density at radius 1 is 1.00 bits per heavy atom. The number of para-hydroxylation sites is 1. The van der Waals surface area contributed by atoms with Crippen LogP contribution in [0.3, 0.4) is 0 Å². The normalized spacial score (nSPS) is 21.0. The second-order valence-electron chi connectivity index (χ2n) is 6.79. The summed E-state index contributed by atoms with van der Waals surface area (Å²) in [5.41, 5.74) is 5.56. The van der Waals surface area contributed by atoms with Crippen LogP contribution in [-0.4, -0.2) is 6.04 Å². The molecular formula is C21H20IN. The first-order chi connectivity index (χ1) is 11.1. The lowest BCUT2D eigenvalue weighted by molar-refractivity contribution is 0.613. The SMILES string of the molecule is CC1(C)c2ccccc2N(C2C=CC=CC2)c2cc(I)ccc21. The summed E-state index contributed by atoms with van der Waals surface area (Å²) in [5.74, 6) is 0. The molecule has 0 bridgehead atoms. The molecule has 0 amide bonds. The molecule has 0 N–H and O–H groups in total. The van der Waals surface area contributed by atoms with Crippen LogP contribution in [0.2, 0.25) is 0 Å². The number of halogens is 1. The maximum Gasteiger partial charge on any atom is 0.0560 e. The minimum atomic E-state index is 0.0288. The van der Waals surface area contributed by atoms with Crippen molar-refractivity contribution in [1.82, 2.24) is 0 Å². The molecule has 23 heavy (non-hydrogen) atoms. The molecule has 0 saturated heterocycles. The highest BCUT2D eigenvalue weighted by Gasteiger charge is 2.37. The Bertz CT molecular complexity index is 816. The smallest absolute Gasteiger partial charge is 0.0560 e. The molecule has 1 nitrogen and oxygen atoms in total. The van der Waals surface area contributed by atoms with E-state index < -0.39 is 0 Å². The molecule has 116 valence electrons. The largest absolute Gasteiger partial charge is 0.334 e. The van der Waals surface area contributed by atoms with Crippen LogP contribution in [0.15, 0.2) is 66.8 Å². The number of benzene rings is 2. The Kier molecular flexibility index (Phi) is 3.60. The summed E-state index contributed by atoms with van der Waals surface area (Å²) in [4.78, 5) is 2.53. The first-order valence-corrected chi connectivity index (χ1v) is 9.19. The standard InChI is InChI=1S/C21H20IN/c1-21(2)17-10-6-7-11-19(17)23(16-8-4-3-5-9-16)20-14-15(22)12-13-18(20)21/h3-8,10-14,16H,9H2,1-2H3. The molecule has 0 fully saturated rings. The van der Waals surface area contributed by atoms with Gasteiger partial charge in [0.15, 0.2) is 0 Å². The molecule has 2 aliphatic rings. The van der Waals surface area contributed by atoms with Gasteiger partial charge in [0.05, 0.1) is 6.04 Å². The molecule has 0 saturated carbocycles. The maximum atomic E-state index is 2.53. The Balaban J connectivity index is 1.98. The fourth-order valence-electron chi connectivity index (χ4n) is 3.84. The first-order valence-electron chi connectivity index (χ1n) is 8.11. The van der Waals surface area contributed by atoms with Gasteiger partial charge in [-0.1, -0.05) is 62.4 Å². The van der Waals surface area contributed by atoms with Gasteiger partial charge in [-0.25, -0.2) is 0 Å². The topological polar surface area (TPSA) is 3.24 Å². The number of nitrogens with zero attached hydrogens (tertiary/aromatic N) is 1. The Morgan fingerprint density at radius 2 is 1.78 bits per heavy atom. The number of rotatable bonds is 1. The van der Waals surface area contributed by atoms with E-state index in [0.717, 1.165) is 6.42 Å². The van der Waals surface area contributed by atoms with Crippen LogP contribution in [0.1, 0.15) is 31.4 Å². The molecule has 0 spiro atoms. The van der Waals surface area contributed by atoms with Crippen LogP contribution < -0.4 is 4.90 Å². The minimum Gasteiger partial charge on any atom is -0.334 e. The fourth-order valence-corrected chi connectivity index (χ4v) is 4.31. The van der Waals surface area contributed by atoms with E-state index >= 15 is 0 Å². The summed E-state index contributed by atoms with van der Waals surface area (Å²) in [6.45, 7) is 4.68. The van der Waals surface area contributed by atoms with Gasteiger partial charge in [0, 0.05) is 20.4 Å². The third kappa shape index (κ3) is 2.35. The van der Waals surface area contributed by atoms with Crippen molar-refractivity contribution in [1.29, 1.82) is 0 Å². The molecule has 0 radical (unpaired) electrons. The van der Waals surface area contributed by atoms with Crippen molar-refractivity contribution in [2.24, 2.45) is 0 Å². The van der Waals surface area contributed by atoms with Gasteiger partial charge in [-0.3, -0.25) is 0 Å². The van der Waals surface area contributed by atoms with E-state index in [9.17, 15) is 0 Å². The number of hydrogen-bond acceptors (Lipinski definition) is 1. The molecule has 1 atom stereocenters. The number of allylic oxidation sites excluding steroid dienone is 2. The van der Waals surface area contributed by atoms with E-state index in [1.54, 1.807) is 0 Å². The van der Waals surface area contributed by atoms with Gasteiger partial charge in [-0.2, -0.15) is 0 Å². The summed E-state index contributed by atoms with van der Waals surface area (Å²) in [7, 11) is 0. The monoisotopic (exact) mass is 413 g/mol. The van der Waals surface area contributed by atoms with E-state index in [1.165, 1.54) is 26.1 Å². The minimum absolute atomic E-state index is 0.0288. The van der Waals surface area contributed by atoms with Gasteiger partial charge in [-0.05, 0) is 58.3 Å².